The van der Waals surface area contributed by atoms with Crippen LogP contribution in [-0.2, 0) is 24.9 Å². The van der Waals surface area contributed by atoms with Gasteiger partial charge in [-0.2, -0.15) is 15.5 Å². The summed E-state index contributed by atoms with van der Waals surface area (Å²) in [5.74, 6) is 0.272. The molecule has 0 unspecified atom stereocenters. The number of hydrogen-bond acceptors (Lipinski definition) is 14. The largest absolute Gasteiger partial charge is 0.369 e. The van der Waals surface area contributed by atoms with Gasteiger partial charge in [0.1, 0.15) is 6.35 Å². The molecule has 0 saturated carbocycles. The van der Waals surface area contributed by atoms with Gasteiger partial charge in [0.25, 0.3) is 5.56 Å². The van der Waals surface area contributed by atoms with E-state index in [1.807, 2.05) is 12.1 Å². The Bertz CT molecular complexity index is 1770. The Morgan fingerprint density at radius 1 is 0.911 bits per heavy atom. The minimum atomic E-state index is -3.83. The van der Waals surface area contributed by atoms with E-state index in [1.165, 1.54) is 6.33 Å². The summed E-state index contributed by atoms with van der Waals surface area (Å²) >= 11 is 1.91. The van der Waals surface area contributed by atoms with Gasteiger partial charge in [-0.1, -0.05) is 23.5 Å². The molecule has 0 aliphatic heterocycles. The minimum absolute atomic E-state index is 0.0361. The van der Waals surface area contributed by atoms with Gasteiger partial charge in [0.05, 0.1) is 49.4 Å². The van der Waals surface area contributed by atoms with Crippen LogP contribution in [-0.4, -0.2) is 67.4 Å². The van der Waals surface area contributed by atoms with E-state index >= 15 is 0 Å². The first-order valence-electron chi connectivity index (χ1n) is 13.2. The zero-order chi connectivity index (χ0) is 32.2. The molecule has 2 aromatic carbocycles. The summed E-state index contributed by atoms with van der Waals surface area (Å²) in [4.78, 5) is 47.4. The summed E-state index contributed by atoms with van der Waals surface area (Å²) in [6.07, 6.45) is 0.991. The Morgan fingerprint density at radius 2 is 1.44 bits per heavy atom. The summed E-state index contributed by atoms with van der Waals surface area (Å²) in [5.41, 5.74) is 7.23. The van der Waals surface area contributed by atoms with Crippen LogP contribution in [0, 0.1) is 22.7 Å². The maximum atomic E-state index is 13.5. The highest BCUT2D eigenvalue weighted by molar-refractivity contribution is 8.14. The van der Waals surface area contributed by atoms with Crippen LogP contribution < -0.4 is 11.3 Å². The molecule has 0 bridgehead atoms. The van der Waals surface area contributed by atoms with E-state index < -0.39 is 19.5 Å². The van der Waals surface area contributed by atoms with E-state index in [1.54, 1.807) is 53.1 Å². The van der Waals surface area contributed by atoms with Crippen LogP contribution in [0.15, 0.2) is 59.7 Å². The number of thioether (sulfide) groups is 2. The molecule has 0 atom stereocenters. The first-order valence-corrected chi connectivity index (χ1v) is 16.9. The number of nitrogens with one attached hydrogen (secondary N) is 1. The number of nitrogens with zero attached hydrogens (tertiary/aromatic N) is 5. The third-order valence-corrected chi connectivity index (χ3v) is 9.32. The van der Waals surface area contributed by atoms with Crippen molar-refractivity contribution in [2.24, 2.45) is 0 Å². The molecule has 0 amide bonds. The summed E-state index contributed by atoms with van der Waals surface area (Å²) in [5, 5.41) is 17.4. The number of hydrogen-bond donors (Lipinski definition) is 2. The fourth-order valence-electron chi connectivity index (χ4n) is 3.74. The molecule has 0 aliphatic rings. The Kier molecular flexibility index (Phi) is 12.1. The summed E-state index contributed by atoms with van der Waals surface area (Å²) < 4.78 is 31.9. The van der Waals surface area contributed by atoms with Gasteiger partial charge in [-0.05, 0) is 48.5 Å². The molecule has 14 nitrogen and oxygen atoms in total. The van der Waals surface area contributed by atoms with Gasteiger partial charge in [0.15, 0.2) is 11.2 Å². The smallest absolute Gasteiger partial charge is 0.356 e. The number of nitrogen functional groups attached to an aromatic ring is 1. The zero-order valence-electron chi connectivity index (χ0n) is 23.6. The first-order chi connectivity index (χ1) is 21.7. The minimum Gasteiger partial charge on any atom is -0.369 e. The average molecular weight is 668 g/mol. The number of carbonyl (C=O) groups is 2. The Labute approximate surface area is 265 Å². The second-order valence-corrected chi connectivity index (χ2v) is 13.2. The van der Waals surface area contributed by atoms with E-state index in [-0.39, 0.29) is 65.2 Å². The van der Waals surface area contributed by atoms with Crippen LogP contribution in [0.25, 0.3) is 11.2 Å². The predicted molar refractivity (Wildman–Crippen MR) is 169 cm³/mol. The normalized spacial score (nSPS) is 11.2. The molecule has 4 rings (SSSR count). The van der Waals surface area contributed by atoms with Gasteiger partial charge in [0.2, 0.25) is 16.2 Å². The molecule has 2 aromatic heterocycles. The van der Waals surface area contributed by atoms with Gasteiger partial charge in [0, 0.05) is 29.2 Å². The monoisotopic (exact) mass is 667 g/mol. The van der Waals surface area contributed by atoms with Crippen molar-refractivity contribution in [2.45, 2.75) is 6.54 Å². The highest BCUT2D eigenvalue weighted by Gasteiger charge is 2.26. The topological polar surface area (TPSA) is 216 Å². The molecule has 3 N–H and O–H groups in total. The molecule has 0 saturated heterocycles. The fourth-order valence-corrected chi connectivity index (χ4v) is 6.61. The average Bonchev–Trinajstić information content (AvgIpc) is 3.46. The van der Waals surface area contributed by atoms with Crippen LogP contribution in [0.1, 0.15) is 31.8 Å². The number of aromatic nitrogens is 4. The number of anilines is 1. The Morgan fingerprint density at radius 3 is 1.96 bits per heavy atom. The Balaban J connectivity index is 1.30. The molecule has 4 aromatic rings. The lowest BCUT2D eigenvalue weighted by Gasteiger charge is -2.18. The van der Waals surface area contributed by atoms with Gasteiger partial charge in [-0.3, -0.25) is 23.9 Å². The van der Waals surface area contributed by atoms with Crippen molar-refractivity contribution in [1.82, 2.24) is 19.5 Å². The number of carbonyl (C=O) groups excluding carboxylic acids is 2. The van der Waals surface area contributed by atoms with Crippen molar-refractivity contribution in [1.29, 1.82) is 10.5 Å². The number of nitriles is 2. The molecule has 17 heteroatoms. The first kappa shape index (κ1) is 33.6. The molecule has 0 spiro atoms. The number of imidazole rings is 1. The maximum Gasteiger partial charge on any atom is 0.356 e. The van der Waals surface area contributed by atoms with Gasteiger partial charge in [-0.15, -0.1) is 0 Å². The van der Waals surface area contributed by atoms with Crippen molar-refractivity contribution < 1.29 is 27.9 Å². The zero-order valence-corrected chi connectivity index (χ0v) is 26.1. The molecular formula is C28H26N7O7PS2. The SMILES string of the molecule is N#Cc1ccc(C(=O)SCCOP(=O)(COCCn2cnc3c(=O)[nH]c(N)nc32)OCCSC(=O)c2ccc(C#N)cc2)cc1. The maximum absolute atomic E-state index is 13.5. The second kappa shape index (κ2) is 16.2. The van der Waals surface area contributed by atoms with E-state index in [4.69, 9.17) is 30.0 Å². The van der Waals surface area contributed by atoms with Crippen molar-refractivity contribution in [3.8, 4) is 12.1 Å². The molecule has 0 fully saturated rings. The second-order valence-electron chi connectivity index (χ2n) is 9.03. The lowest BCUT2D eigenvalue weighted by molar-refractivity contribution is 0.108. The number of aromatic amines is 1. The van der Waals surface area contributed by atoms with E-state index in [9.17, 15) is 18.9 Å². The van der Waals surface area contributed by atoms with E-state index in [2.05, 4.69) is 15.0 Å². The van der Waals surface area contributed by atoms with Gasteiger partial charge in [-0.25, -0.2) is 4.98 Å². The quantitative estimate of drug-likeness (QED) is 0.136. The molecule has 232 valence electrons. The highest BCUT2D eigenvalue weighted by Crippen LogP contribution is 2.48. The van der Waals surface area contributed by atoms with Crippen molar-refractivity contribution in [2.75, 3.05) is 43.4 Å². The molecule has 0 aliphatic carbocycles. The molecule has 0 radical (unpaired) electrons. The number of rotatable bonds is 15. The van der Waals surface area contributed by atoms with Gasteiger partial charge >= 0.3 is 7.60 Å². The summed E-state index contributed by atoms with van der Waals surface area (Å²) in [7, 11) is -3.83. The number of ether oxygens (including phenoxy) is 1. The summed E-state index contributed by atoms with van der Waals surface area (Å²) in [6, 6.07) is 16.4. The standard InChI is InChI=1S/C28H26N7O7PS2/c29-15-19-1-5-21(6-2-19)26(37)44-13-11-41-43(39,42-12-14-45-27(38)22-7-3-20(16-30)4-8-22)18-40-10-9-35-17-32-23-24(35)33-28(31)34-25(23)36/h1-8,17H,9-14,18H2,(H3,31,33,34,36). The molecule has 45 heavy (non-hydrogen) atoms. The van der Waals surface area contributed by atoms with Crippen LogP contribution in [0.3, 0.4) is 0 Å². The van der Waals surface area contributed by atoms with E-state index in [0.29, 0.717) is 22.3 Å². The van der Waals surface area contributed by atoms with Crippen LogP contribution in [0.5, 0.6) is 0 Å². The highest BCUT2D eigenvalue weighted by atomic mass is 32.2. The van der Waals surface area contributed by atoms with Crippen molar-refractivity contribution in [3.63, 3.8) is 0 Å². The van der Waals surface area contributed by atoms with Crippen molar-refractivity contribution >= 4 is 58.5 Å². The van der Waals surface area contributed by atoms with Gasteiger partial charge < -0.3 is 24.1 Å². The number of fused-ring (bicyclic) bond motifs is 1. The fraction of sp³-hybridized carbons (Fsp3) is 0.250. The Hall–Kier alpha value is -4.28. The van der Waals surface area contributed by atoms with Crippen LogP contribution in [0.2, 0.25) is 0 Å². The lowest BCUT2D eigenvalue weighted by Crippen LogP contribution is -2.14. The lowest BCUT2D eigenvalue weighted by atomic mass is 10.2. The third kappa shape index (κ3) is 9.60. The number of H-pyrrole nitrogens is 1. The number of benzene rings is 2. The molecule has 2 heterocycles. The number of nitrogens with two attached hydrogens (primary N) is 1. The van der Waals surface area contributed by atoms with E-state index in [0.717, 1.165) is 23.5 Å². The molecular weight excluding hydrogens is 641 g/mol. The van der Waals surface area contributed by atoms with Crippen molar-refractivity contribution in [3.05, 3.63) is 87.5 Å². The van der Waals surface area contributed by atoms with Crippen LogP contribution in [0.4, 0.5) is 5.95 Å². The summed E-state index contributed by atoms with van der Waals surface area (Å²) in [6.45, 7) is 0.0518. The predicted octanol–water partition coefficient (Wildman–Crippen LogP) is 3.79. The third-order valence-electron chi connectivity index (χ3n) is 5.93. The van der Waals surface area contributed by atoms with Crippen LogP contribution >= 0.6 is 31.1 Å².